The molecule has 0 aliphatic rings. The van der Waals surface area contributed by atoms with Crippen LogP contribution >= 0.6 is 0 Å². The van der Waals surface area contributed by atoms with E-state index in [0.717, 1.165) is 5.56 Å². The van der Waals surface area contributed by atoms with Crippen LogP contribution in [0.4, 0.5) is 0 Å². The van der Waals surface area contributed by atoms with Crippen LogP contribution in [0.5, 0.6) is 17.2 Å². The molecule has 5 heteroatoms. The van der Waals surface area contributed by atoms with E-state index in [-0.39, 0.29) is 12.5 Å². The fourth-order valence-corrected chi connectivity index (χ4v) is 2.29. The lowest BCUT2D eigenvalue weighted by Crippen LogP contribution is -2.23. The Hall–Kier alpha value is -2.95. The summed E-state index contributed by atoms with van der Waals surface area (Å²) in [7, 11) is 1.60. The summed E-state index contributed by atoms with van der Waals surface area (Å²) < 4.78 is 16.8. The average Bonchev–Trinajstić information content (AvgIpc) is 2.65. The predicted octanol–water partition coefficient (Wildman–Crippen LogP) is 3.59. The van der Waals surface area contributed by atoms with Gasteiger partial charge in [0, 0.05) is 17.7 Å². The van der Waals surface area contributed by atoms with Gasteiger partial charge < -0.3 is 19.5 Å². The molecule has 0 saturated carbocycles. The van der Waals surface area contributed by atoms with Crippen LogP contribution in [0.15, 0.2) is 55.1 Å². The lowest BCUT2D eigenvalue weighted by atomic mass is 10.1. The molecule has 1 N–H and O–H groups in total. The second-order valence-corrected chi connectivity index (χ2v) is 5.19. The van der Waals surface area contributed by atoms with E-state index in [9.17, 15) is 4.79 Å². The summed E-state index contributed by atoms with van der Waals surface area (Å²) in [5.41, 5.74) is 1.34. The van der Waals surface area contributed by atoms with E-state index in [0.29, 0.717) is 36.0 Å². The van der Waals surface area contributed by atoms with Gasteiger partial charge in [-0.2, -0.15) is 0 Å². The zero-order chi connectivity index (χ0) is 18.1. The molecular weight excluding hydrogens is 318 g/mol. The van der Waals surface area contributed by atoms with E-state index in [1.54, 1.807) is 31.4 Å². The maximum atomic E-state index is 12.1. The number of nitrogens with one attached hydrogen (secondary N) is 1. The molecule has 5 nitrogen and oxygen atoms in total. The Kier molecular flexibility index (Phi) is 6.89. The number of ether oxygens (including phenoxy) is 3. The molecule has 132 valence electrons. The third-order valence-electron chi connectivity index (χ3n) is 3.48. The Morgan fingerprint density at radius 2 is 1.88 bits per heavy atom. The van der Waals surface area contributed by atoms with Gasteiger partial charge in [0.2, 0.25) is 0 Å². The van der Waals surface area contributed by atoms with Gasteiger partial charge >= 0.3 is 0 Å². The van der Waals surface area contributed by atoms with Crippen LogP contribution in [0.3, 0.4) is 0 Å². The largest absolute Gasteiger partial charge is 0.493 e. The zero-order valence-electron chi connectivity index (χ0n) is 14.6. The van der Waals surface area contributed by atoms with Crippen LogP contribution in [0, 0.1) is 0 Å². The first-order valence-corrected chi connectivity index (χ1v) is 8.10. The first-order valence-electron chi connectivity index (χ1n) is 8.10. The molecule has 0 unspecified atom stereocenters. The van der Waals surface area contributed by atoms with Crippen molar-refractivity contribution in [1.29, 1.82) is 0 Å². The van der Waals surface area contributed by atoms with Crippen molar-refractivity contribution in [3.05, 3.63) is 66.2 Å². The molecule has 0 aromatic heterocycles. The number of hydrogen-bond acceptors (Lipinski definition) is 4. The molecule has 0 heterocycles. The van der Waals surface area contributed by atoms with Crippen molar-refractivity contribution in [3.8, 4) is 17.2 Å². The first kappa shape index (κ1) is 18.4. The maximum Gasteiger partial charge on any atom is 0.251 e. The molecule has 0 bridgehead atoms. The number of rotatable bonds is 9. The van der Waals surface area contributed by atoms with Crippen LogP contribution in [-0.4, -0.2) is 26.2 Å². The molecule has 2 aromatic carbocycles. The molecular formula is C20H23NO4. The van der Waals surface area contributed by atoms with Crippen LogP contribution in [-0.2, 0) is 6.61 Å². The fourth-order valence-electron chi connectivity index (χ4n) is 2.29. The molecule has 2 rings (SSSR count). The minimum absolute atomic E-state index is 0.165. The Labute approximate surface area is 148 Å². The number of para-hydroxylation sites is 2. The summed E-state index contributed by atoms with van der Waals surface area (Å²) in [5.74, 6) is 1.81. The standard InChI is InChI=1S/C20H23NO4/c1-4-12-21-20(22)15-10-11-17(24-5-2)16(13-15)14-25-19-9-7-6-8-18(19)23-3/h4,6-11,13H,1,5,12,14H2,2-3H3,(H,21,22). The second-order valence-electron chi connectivity index (χ2n) is 5.19. The summed E-state index contributed by atoms with van der Waals surface area (Å²) in [4.78, 5) is 12.1. The normalized spacial score (nSPS) is 10.0. The summed E-state index contributed by atoms with van der Waals surface area (Å²) in [6, 6.07) is 12.7. The maximum absolute atomic E-state index is 12.1. The molecule has 0 aliphatic heterocycles. The van der Waals surface area contributed by atoms with E-state index in [1.165, 1.54) is 0 Å². The molecule has 0 radical (unpaired) electrons. The van der Waals surface area contributed by atoms with Gasteiger partial charge in [0.15, 0.2) is 11.5 Å². The Balaban J connectivity index is 2.21. The molecule has 2 aromatic rings. The number of hydrogen-bond donors (Lipinski definition) is 1. The van der Waals surface area contributed by atoms with E-state index >= 15 is 0 Å². The highest BCUT2D eigenvalue weighted by Gasteiger charge is 2.12. The fraction of sp³-hybridized carbons (Fsp3) is 0.250. The molecule has 0 spiro atoms. The summed E-state index contributed by atoms with van der Waals surface area (Å²) in [6.45, 7) is 6.72. The highest BCUT2D eigenvalue weighted by atomic mass is 16.5. The number of methoxy groups -OCH3 is 1. The minimum Gasteiger partial charge on any atom is -0.493 e. The van der Waals surface area contributed by atoms with Gasteiger partial charge in [0.1, 0.15) is 12.4 Å². The lowest BCUT2D eigenvalue weighted by Gasteiger charge is -2.14. The van der Waals surface area contributed by atoms with Crippen LogP contribution < -0.4 is 19.5 Å². The summed E-state index contributed by atoms with van der Waals surface area (Å²) in [6.07, 6.45) is 1.64. The predicted molar refractivity (Wildman–Crippen MR) is 97.5 cm³/mol. The van der Waals surface area contributed by atoms with Crippen LogP contribution in [0.2, 0.25) is 0 Å². The van der Waals surface area contributed by atoms with Gasteiger partial charge in [0.25, 0.3) is 5.91 Å². The minimum atomic E-state index is -0.165. The Bertz CT molecular complexity index is 727. The van der Waals surface area contributed by atoms with Gasteiger partial charge in [-0.1, -0.05) is 18.2 Å². The SMILES string of the molecule is C=CCNC(=O)c1ccc(OCC)c(COc2ccccc2OC)c1. The highest BCUT2D eigenvalue weighted by molar-refractivity contribution is 5.94. The van der Waals surface area contributed by atoms with Crippen molar-refractivity contribution >= 4 is 5.91 Å². The third-order valence-corrected chi connectivity index (χ3v) is 3.48. The van der Waals surface area contributed by atoms with Crippen LogP contribution in [0.25, 0.3) is 0 Å². The third kappa shape index (κ3) is 5.01. The summed E-state index contributed by atoms with van der Waals surface area (Å²) in [5, 5.41) is 2.76. The van der Waals surface area contributed by atoms with E-state index in [4.69, 9.17) is 14.2 Å². The second kappa shape index (κ2) is 9.37. The Morgan fingerprint density at radius 1 is 1.12 bits per heavy atom. The van der Waals surface area contributed by atoms with E-state index < -0.39 is 0 Å². The van der Waals surface area contributed by atoms with E-state index in [2.05, 4.69) is 11.9 Å². The van der Waals surface area contributed by atoms with Gasteiger partial charge in [-0.25, -0.2) is 0 Å². The monoisotopic (exact) mass is 341 g/mol. The molecule has 0 aliphatic carbocycles. The van der Waals surface area contributed by atoms with Gasteiger partial charge in [-0.3, -0.25) is 4.79 Å². The molecule has 0 atom stereocenters. The van der Waals surface area contributed by atoms with Crippen molar-refractivity contribution in [2.75, 3.05) is 20.3 Å². The van der Waals surface area contributed by atoms with Crippen molar-refractivity contribution in [3.63, 3.8) is 0 Å². The van der Waals surface area contributed by atoms with Crippen LogP contribution in [0.1, 0.15) is 22.8 Å². The number of carbonyl (C=O) groups excluding carboxylic acids is 1. The first-order chi connectivity index (χ1) is 12.2. The quantitative estimate of drug-likeness (QED) is 0.708. The molecule has 0 fully saturated rings. The average molecular weight is 341 g/mol. The van der Waals surface area contributed by atoms with Crippen molar-refractivity contribution in [1.82, 2.24) is 5.32 Å². The van der Waals surface area contributed by atoms with E-state index in [1.807, 2.05) is 31.2 Å². The number of carbonyl (C=O) groups is 1. The van der Waals surface area contributed by atoms with Gasteiger partial charge in [-0.15, -0.1) is 6.58 Å². The van der Waals surface area contributed by atoms with Crippen molar-refractivity contribution < 1.29 is 19.0 Å². The lowest BCUT2D eigenvalue weighted by molar-refractivity contribution is 0.0958. The van der Waals surface area contributed by atoms with Crippen molar-refractivity contribution in [2.24, 2.45) is 0 Å². The molecule has 0 saturated heterocycles. The van der Waals surface area contributed by atoms with Gasteiger partial charge in [-0.05, 0) is 37.3 Å². The Morgan fingerprint density at radius 3 is 2.56 bits per heavy atom. The van der Waals surface area contributed by atoms with Gasteiger partial charge in [0.05, 0.1) is 13.7 Å². The summed E-state index contributed by atoms with van der Waals surface area (Å²) >= 11 is 0. The number of amides is 1. The topological polar surface area (TPSA) is 56.8 Å². The van der Waals surface area contributed by atoms with Crippen molar-refractivity contribution in [2.45, 2.75) is 13.5 Å². The zero-order valence-corrected chi connectivity index (χ0v) is 14.6. The molecule has 25 heavy (non-hydrogen) atoms. The highest BCUT2D eigenvalue weighted by Crippen LogP contribution is 2.28. The smallest absolute Gasteiger partial charge is 0.251 e. The number of benzene rings is 2. The molecule has 1 amide bonds.